The third-order valence-electron chi connectivity index (χ3n) is 3.09. The van der Waals surface area contributed by atoms with Crippen molar-refractivity contribution in [2.45, 2.75) is 39.8 Å². The van der Waals surface area contributed by atoms with Crippen molar-refractivity contribution in [2.75, 3.05) is 20.1 Å². The molecule has 0 bridgehead atoms. The van der Waals surface area contributed by atoms with E-state index in [9.17, 15) is 0 Å². The fourth-order valence-corrected chi connectivity index (χ4v) is 2.25. The Hall–Kier alpha value is -0.860. The smallest absolute Gasteiger partial charge is 0.0469 e. The summed E-state index contributed by atoms with van der Waals surface area (Å²) in [7, 11) is 2.22. The third-order valence-corrected chi connectivity index (χ3v) is 3.09. The summed E-state index contributed by atoms with van der Waals surface area (Å²) in [6, 6.07) is 11.8. The minimum Gasteiger partial charge on any atom is -0.313 e. The Kier molecular flexibility index (Phi) is 6.37. The molecule has 0 aliphatic carbocycles. The molecule has 1 N–H and O–H groups in total. The van der Waals surface area contributed by atoms with E-state index in [1.165, 1.54) is 5.56 Å². The fourth-order valence-electron chi connectivity index (χ4n) is 2.25. The van der Waals surface area contributed by atoms with Gasteiger partial charge in [0.2, 0.25) is 0 Å². The first-order valence-corrected chi connectivity index (χ1v) is 6.99. The van der Waals surface area contributed by atoms with Gasteiger partial charge in [0.15, 0.2) is 0 Å². The molecule has 0 radical (unpaired) electrons. The van der Waals surface area contributed by atoms with Gasteiger partial charge in [-0.15, -0.1) is 0 Å². The molecule has 0 spiro atoms. The highest BCUT2D eigenvalue weighted by Gasteiger charge is 2.17. The Morgan fingerprint density at radius 2 is 1.67 bits per heavy atom. The second kappa shape index (κ2) is 7.55. The SMILES string of the molecule is CC(C)CN(C)C(CNC(C)C)c1ccccc1. The lowest BCUT2D eigenvalue weighted by Crippen LogP contribution is -2.37. The normalized spacial score (nSPS) is 13.6. The van der Waals surface area contributed by atoms with Gasteiger partial charge in [-0.3, -0.25) is 4.90 Å². The van der Waals surface area contributed by atoms with Crippen LogP contribution in [0.15, 0.2) is 30.3 Å². The molecule has 0 amide bonds. The largest absolute Gasteiger partial charge is 0.313 e. The van der Waals surface area contributed by atoms with Crippen molar-refractivity contribution in [3.05, 3.63) is 35.9 Å². The van der Waals surface area contributed by atoms with Crippen molar-refractivity contribution >= 4 is 0 Å². The lowest BCUT2D eigenvalue weighted by atomic mass is 10.0. The molecule has 2 nitrogen and oxygen atoms in total. The molecular formula is C16H28N2. The van der Waals surface area contributed by atoms with E-state index in [0.29, 0.717) is 18.0 Å². The van der Waals surface area contributed by atoms with Gasteiger partial charge in [0, 0.05) is 25.2 Å². The summed E-state index contributed by atoms with van der Waals surface area (Å²) in [5, 5.41) is 3.56. The molecule has 1 rings (SSSR count). The van der Waals surface area contributed by atoms with Crippen LogP contribution in [-0.4, -0.2) is 31.1 Å². The van der Waals surface area contributed by atoms with E-state index >= 15 is 0 Å². The number of rotatable bonds is 7. The first-order valence-electron chi connectivity index (χ1n) is 6.99. The summed E-state index contributed by atoms with van der Waals surface area (Å²) in [6.07, 6.45) is 0. The van der Waals surface area contributed by atoms with Crippen molar-refractivity contribution in [3.8, 4) is 0 Å². The summed E-state index contributed by atoms with van der Waals surface area (Å²) in [6.45, 7) is 11.1. The maximum Gasteiger partial charge on any atom is 0.0469 e. The highest BCUT2D eigenvalue weighted by Crippen LogP contribution is 2.19. The molecule has 0 heterocycles. The van der Waals surface area contributed by atoms with Crippen LogP contribution in [0.3, 0.4) is 0 Å². The summed E-state index contributed by atoms with van der Waals surface area (Å²) >= 11 is 0. The molecule has 1 aromatic rings. The minimum atomic E-state index is 0.455. The molecule has 18 heavy (non-hydrogen) atoms. The van der Waals surface area contributed by atoms with Gasteiger partial charge in [0.05, 0.1) is 0 Å². The molecule has 0 saturated carbocycles. The zero-order chi connectivity index (χ0) is 13.5. The summed E-state index contributed by atoms with van der Waals surface area (Å²) in [5.41, 5.74) is 1.40. The van der Waals surface area contributed by atoms with Crippen molar-refractivity contribution in [1.82, 2.24) is 10.2 Å². The number of likely N-dealkylation sites (N-methyl/N-ethyl adjacent to an activating group) is 1. The van der Waals surface area contributed by atoms with E-state index in [4.69, 9.17) is 0 Å². The zero-order valence-electron chi connectivity index (χ0n) is 12.5. The average molecular weight is 248 g/mol. The number of benzene rings is 1. The second-order valence-corrected chi connectivity index (χ2v) is 5.82. The first-order chi connectivity index (χ1) is 8.50. The monoisotopic (exact) mass is 248 g/mol. The van der Waals surface area contributed by atoms with Crippen LogP contribution in [-0.2, 0) is 0 Å². The van der Waals surface area contributed by atoms with E-state index in [1.807, 2.05) is 0 Å². The van der Waals surface area contributed by atoms with Crippen molar-refractivity contribution in [3.63, 3.8) is 0 Å². The van der Waals surface area contributed by atoms with Gasteiger partial charge >= 0.3 is 0 Å². The van der Waals surface area contributed by atoms with Gasteiger partial charge < -0.3 is 5.32 Å². The molecule has 0 aliphatic rings. The van der Waals surface area contributed by atoms with Crippen LogP contribution >= 0.6 is 0 Å². The van der Waals surface area contributed by atoms with E-state index in [-0.39, 0.29) is 0 Å². The van der Waals surface area contributed by atoms with Gasteiger partial charge in [0.25, 0.3) is 0 Å². The molecule has 2 heteroatoms. The number of nitrogens with one attached hydrogen (secondary N) is 1. The lowest BCUT2D eigenvalue weighted by Gasteiger charge is -2.30. The highest BCUT2D eigenvalue weighted by atomic mass is 15.2. The second-order valence-electron chi connectivity index (χ2n) is 5.82. The molecule has 1 atom stereocenters. The maximum atomic E-state index is 3.56. The lowest BCUT2D eigenvalue weighted by molar-refractivity contribution is 0.211. The number of hydrogen-bond acceptors (Lipinski definition) is 2. The van der Waals surface area contributed by atoms with Crippen LogP contribution < -0.4 is 5.32 Å². The van der Waals surface area contributed by atoms with Crippen LogP contribution in [0.25, 0.3) is 0 Å². The third kappa shape index (κ3) is 5.19. The zero-order valence-corrected chi connectivity index (χ0v) is 12.5. The van der Waals surface area contributed by atoms with Gasteiger partial charge in [-0.25, -0.2) is 0 Å². The van der Waals surface area contributed by atoms with E-state index in [2.05, 4.69) is 75.3 Å². The standard InChI is InChI=1S/C16H28N2/c1-13(2)12-18(5)16(11-17-14(3)4)15-9-7-6-8-10-15/h6-10,13-14,16-17H,11-12H2,1-5H3. The van der Waals surface area contributed by atoms with Crippen molar-refractivity contribution in [2.24, 2.45) is 5.92 Å². The summed E-state index contributed by atoms with van der Waals surface area (Å²) in [5.74, 6) is 0.695. The molecule has 1 aromatic carbocycles. The molecule has 1 unspecified atom stereocenters. The van der Waals surface area contributed by atoms with E-state index in [0.717, 1.165) is 13.1 Å². The summed E-state index contributed by atoms with van der Waals surface area (Å²) < 4.78 is 0. The Labute approximate surface area is 112 Å². The summed E-state index contributed by atoms with van der Waals surface area (Å²) in [4.78, 5) is 2.45. The van der Waals surface area contributed by atoms with Crippen LogP contribution in [0.1, 0.15) is 39.3 Å². The van der Waals surface area contributed by atoms with E-state index < -0.39 is 0 Å². The van der Waals surface area contributed by atoms with Crippen LogP contribution in [0.2, 0.25) is 0 Å². The van der Waals surface area contributed by atoms with Crippen LogP contribution in [0.4, 0.5) is 0 Å². The first kappa shape index (κ1) is 15.2. The van der Waals surface area contributed by atoms with Crippen molar-refractivity contribution in [1.29, 1.82) is 0 Å². The number of hydrogen-bond donors (Lipinski definition) is 1. The Balaban J connectivity index is 2.74. The highest BCUT2D eigenvalue weighted by molar-refractivity contribution is 5.19. The van der Waals surface area contributed by atoms with Gasteiger partial charge in [-0.05, 0) is 18.5 Å². The topological polar surface area (TPSA) is 15.3 Å². The van der Waals surface area contributed by atoms with E-state index in [1.54, 1.807) is 0 Å². The molecule has 0 aliphatic heterocycles. The van der Waals surface area contributed by atoms with Crippen LogP contribution in [0.5, 0.6) is 0 Å². The molecule has 0 aromatic heterocycles. The van der Waals surface area contributed by atoms with Gasteiger partial charge in [0.1, 0.15) is 0 Å². The van der Waals surface area contributed by atoms with Crippen molar-refractivity contribution < 1.29 is 0 Å². The molecule has 0 fully saturated rings. The van der Waals surface area contributed by atoms with Gasteiger partial charge in [-0.2, -0.15) is 0 Å². The predicted molar refractivity (Wildman–Crippen MR) is 79.8 cm³/mol. The van der Waals surface area contributed by atoms with Gasteiger partial charge in [-0.1, -0.05) is 58.0 Å². The quantitative estimate of drug-likeness (QED) is 0.796. The Morgan fingerprint density at radius 3 is 2.17 bits per heavy atom. The minimum absolute atomic E-state index is 0.455. The molecule has 0 saturated heterocycles. The Morgan fingerprint density at radius 1 is 1.06 bits per heavy atom. The van der Waals surface area contributed by atoms with Crippen LogP contribution in [0, 0.1) is 5.92 Å². The Bertz CT molecular complexity index is 319. The molecular weight excluding hydrogens is 220 g/mol. The molecule has 102 valence electrons. The predicted octanol–water partition coefficient (Wildman–Crippen LogP) is 3.31. The average Bonchev–Trinajstić information content (AvgIpc) is 2.29. The number of nitrogens with zero attached hydrogens (tertiary/aromatic N) is 1. The fraction of sp³-hybridized carbons (Fsp3) is 0.625. The maximum absolute atomic E-state index is 3.56.